The van der Waals surface area contributed by atoms with Gasteiger partial charge in [-0.1, -0.05) is 0 Å². The van der Waals surface area contributed by atoms with Gasteiger partial charge in [0.05, 0.1) is 0 Å². The monoisotopic (exact) mass is 215 g/mol. The van der Waals surface area contributed by atoms with Crippen molar-refractivity contribution in [3.05, 3.63) is 34.6 Å². The largest absolute Gasteiger partial charge is 0.312 e. The van der Waals surface area contributed by atoms with Gasteiger partial charge in [0.1, 0.15) is 5.82 Å². The van der Waals surface area contributed by atoms with Crippen LogP contribution in [0.2, 0.25) is 0 Å². The van der Waals surface area contributed by atoms with Gasteiger partial charge in [0.15, 0.2) is 0 Å². The fourth-order valence-electron chi connectivity index (χ4n) is 1.82. The Morgan fingerprint density at radius 3 is 2.73 bits per heavy atom. The van der Waals surface area contributed by atoms with Gasteiger partial charge in [0, 0.05) is 19.0 Å². The summed E-state index contributed by atoms with van der Waals surface area (Å²) in [6.45, 7) is 1.95. The van der Waals surface area contributed by atoms with Crippen LogP contribution in [-0.4, -0.2) is 6.54 Å². The van der Waals surface area contributed by atoms with Crippen molar-refractivity contribution < 1.29 is 13.2 Å². The average molecular weight is 215 g/mol. The van der Waals surface area contributed by atoms with Gasteiger partial charge in [0.25, 0.3) is 5.92 Å². The molecule has 0 saturated carbocycles. The van der Waals surface area contributed by atoms with Crippen molar-refractivity contribution in [3.8, 4) is 0 Å². The molecule has 4 heteroatoms. The SMILES string of the molecule is CC(F)(F)c1cc(F)c2c(c1)CNCC2. The first-order valence-electron chi connectivity index (χ1n) is 4.89. The molecule has 1 aliphatic rings. The van der Waals surface area contributed by atoms with Crippen LogP contribution >= 0.6 is 0 Å². The maximum absolute atomic E-state index is 13.5. The molecule has 1 N–H and O–H groups in total. The average Bonchev–Trinajstić information content (AvgIpc) is 2.16. The molecule has 0 radical (unpaired) electrons. The first-order valence-corrected chi connectivity index (χ1v) is 4.89. The van der Waals surface area contributed by atoms with E-state index >= 15 is 0 Å². The van der Waals surface area contributed by atoms with Crippen LogP contribution in [0, 0.1) is 5.82 Å². The molecule has 1 aliphatic heterocycles. The van der Waals surface area contributed by atoms with Gasteiger partial charge in [0.2, 0.25) is 0 Å². The number of hydrogen-bond acceptors (Lipinski definition) is 1. The van der Waals surface area contributed by atoms with E-state index in [0.717, 1.165) is 13.0 Å². The molecule has 2 rings (SSSR count). The van der Waals surface area contributed by atoms with Gasteiger partial charge in [-0.05, 0) is 36.2 Å². The van der Waals surface area contributed by atoms with Crippen LogP contribution < -0.4 is 5.32 Å². The van der Waals surface area contributed by atoms with Crippen molar-refractivity contribution in [1.82, 2.24) is 5.32 Å². The number of fused-ring (bicyclic) bond motifs is 1. The summed E-state index contributed by atoms with van der Waals surface area (Å²) in [5.74, 6) is -3.49. The Morgan fingerprint density at radius 1 is 1.33 bits per heavy atom. The molecule has 0 aliphatic carbocycles. The van der Waals surface area contributed by atoms with Crippen LogP contribution in [0.25, 0.3) is 0 Å². The molecule has 0 fully saturated rings. The molecule has 0 unspecified atom stereocenters. The first kappa shape index (κ1) is 10.5. The summed E-state index contributed by atoms with van der Waals surface area (Å²) < 4.78 is 39.5. The van der Waals surface area contributed by atoms with Crippen LogP contribution in [0.3, 0.4) is 0 Å². The second-order valence-electron chi connectivity index (χ2n) is 3.91. The molecule has 0 spiro atoms. The highest BCUT2D eigenvalue weighted by molar-refractivity contribution is 5.36. The normalized spacial score (nSPS) is 16.3. The van der Waals surface area contributed by atoms with Crippen LogP contribution in [0.1, 0.15) is 23.6 Å². The molecule has 1 aromatic rings. The van der Waals surface area contributed by atoms with E-state index in [1.54, 1.807) is 0 Å². The van der Waals surface area contributed by atoms with E-state index < -0.39 is 11.7 Å². The van der Waals surface area contributed by atoms with Gasteiger partial charge in [-0.25, -0.2) is 13.2 Å². The van der Waals surface area contributed by atoms with Crippen molar-refractivity contribution in [2.24, 2.45) is 0 Å². The highest BCUT2D eigenvalue weighted by atomic mass is 19.3. The van der Waals surface area contributed by atoms with Crippen LogP contribution in [0.5, 0.6) is 0 Å². The van der Waals surface area contributed by atoms with Gasteiger partial charge in [-0.15, -0.1) is 0 Å². The van der Waals surface area contributed by atoms with Crippen molar-refractivity contribution in [1.29, 1.82) is 0 Å². The molecular formula is C11H12F3N. The number of rotatable bonds is 1. The lowest BCUT2D eigenvalue weighted by Gasteiger charge is -2.20. The molecule has 82 valence electrons. The second-order valence-corrected chi connectivity index (χ2v) is 3.91. The minimum atomic E-state index is -2.98. The predicted molar refractivity (Wildman–Crippen MR) is 51.4 cm³/mol. The summed E-state index contributed by atoms with van der Waals surface area (Å²) in [7, 11) is 0. The van der Waals surface area contributed by atoms with E-state index in [-0.39, 0.29) is 5.56 Å². The smallest absolute Gasteiger partial charge is 0.270 e. The van der Waals surface area contributed by atoms with E-state index in [0.29, 0.717) is 30.6 Å². The maximum atomic E-state index is 13.5. The third-order valence-corrected chi connectivity index (χ3v) is 2.66. The van der Waals surface area contributed by atoms with Crippen LogP contribution in [0.4, 0.5) is 13.2 Å². The van der Waals surface area contributed by atoms with E-state index in [1.165, 1.54) is 6.07 Å². The van der Waals surface area contributed by atoms with Crippen molar-refractivity contribution in [3.63, 3.8) is 0 Å². The molecule has 1 aromatic carbocycles. The van der Waals surface area contributed by atoms with Crippen LogP contribution in [0.15, 0.2) is 12.1 Å². The highest BCUT2D eigenvalue weighted by Crippen LogP contribution is 2.30. The first-order chi connectivity index (χ1) is 6.98. The molecule has 15 heavy (non-hydrogen) atoms. The molecule has 0 aromatic heterocycles. The zero-order chi connectivity index (χ0) is 11.1. The fraction of sp³-hybridized carbons (Fsp3) is 0.455. The number of nitrogens with one attached hydrogen (secondary N) is 1. The Kier molecular flexibility index (Phi) is 2.46. The summed E-state index contributed by atoms with van der Waals surface area (Å²) in [5.41, 5.74) is 0.974. The number of hydrogen-bond donors (Lipinski definition) is 1. The number of benzene rings is 1. The Bertz CT molecular complexity index is 382. The summed E-state index contributed by atoms with van der Waals surface area (Å²) in [4.78, 5) is 0. The van der Waals surface area contributed by atoms with E-state index in [4.69, 9.17) is 0 Å². The lowest BCUT2D eigenvalue weighted by atomic mass is 9.96. The molecule has 1 nitrogen and oxygen atoms in total. The predicted octanol–water partition coefficient (Wildman–Crippen LogP) is 2.58. The lowest BCUT2D eigenvalue weighted by molar-refractivity contribution is 0.0170. The summed E-state index contributed by atoms with van der Waals surface area (Å²) in [5, 5.41) is 3.04. The fourth-order valence-corrected chi connectivity index (χ4v) is 1.82. The zero-order valence-electron chi connectivity index (χ0n) is 8.41. The maximum Gasteiger partial charge on any atom is 0.270 e. The molecule has 0 atom stereocenters. The Balaban J connectivity index is 2.50. The minimum absolute atomic E-state index is 0.248. The summed E-state index contributed by atoms with van der Waals surface area (Å²) in [6.07, 6.45) is 0.566. The summed E-state index contributed by atoms with van der Waals surface area (Å²) >= 11 is 0. The second kappa shape index (κ2) is 3.52. The van der Waals surface area contributed by atoms with Crippen molar-refractivity contribution in [2.75, 3.05) is 6.54 Å². The third-order valence-electron chi connectivity index (χ3n) is 2.66. The Labute approximate surface area is 86.3 Å². The quantitative estimate of drug-likeness (QED) is 0.759. The molecule has 1 heterocycles. The van der Waals surface area contributed by atoms with E-state index in [2.05, 4.69) is 5.32 Å². The van der Waals surface area contributed by atoms with Crippen molar-refractivity contribution in [2.45, 2.75) is 25.8 Å². The molecule has 0 saturated heterocycles. The van der Waals surface area contributed by atoms with Gasteiger partial charge in [-0.3, -0.25) is 0 Å². The third kappa shape index (κ3) is 2.00. The molecule has 0 bridgehead atoms. The van der Waals surface area contributed by atoms with Crippen LogP contribution in [-0.2, 0) is 18.9 Å². The Morgan fingerprint density at radius 2 is 2.07 bits per heavy atom. The van der Waals surface area contributed by atoms with Gasteiger partial charge in [-0.2, -0.15) is 0 Å². The van der Waals surface area contributed by atoms with Crippen molar-refractivity contribution >= 4 is 0 Å². The van der Waals surface area contributed by atoms with Gasteiger partial charge >= 0.3 is 0 Å². The van der Waals surface area contributed by atoms with E-state index in [9.17, 15) is 13.2 Å². The standard InChI is InChI=1S/C11H12F3N/c1-11(13,14)8-4-7-6-15-3-2-9(7)10(12)5-8/h4-5,15H,2-3,6H2,1H3. The van der Waals surface area contributed by atoms with Gasteiger partial charge < -0.3 is 5.32 Å². The van der Waals surface area contributed by atoms with E-state index in [1.807, 2.05) is 0 Å². The molecule has 0 amide bonds. The lowest BCUT2D eigenvalue weighted by Crippen LogP contribution is -2.25. The number of halogens is 3. The summed E-state index contributed by atoms with van der Waals surface area (Å²) in [6, 6.07) is 2.34. The molecular weight excluding hydrogens is 203 g/mol. The highest BCUT2D eigenvalue weighted by Gasteiger charge is 2.27. The zero-order valence-corrected chi connectivity index (χ0v) is 8.41. The number of alkyl halides is 2. The Hall–Kier alpha value is -1.03. The minimum Gasteiger partial charge on any atom is -0.312 e. The topological polar surface area (TPSA) is 12.0 Å².